The van der Waals surface area contributed by atoms with E-state index in [2.05, 4.69) is 0 Å². The van der Waals surface area contributed by atoms with Gasteiger partial charge in [-0.1, -0.05) is 6.92 Å². The third-order valence-electron chi connectivity index (χ3n) is 4.13. The number of sulfonamides is 1. The summed E-state index contributed by atoms with van der Waals surface area (Å²) in [5.74, 6) is 0. The first-order valence-corrected chi connectivity index (χ1v) is 9.60. The average Bonchev–Trinajstić information content (AvgIpc) is 2.59. The van der Waals surface area contributed by atoms with Crippen LogP contribution in [-0.4, -0.2) is 38.5 Å². The molecule has 0 amide bonds. The minimum atomic E-state index is -3.59. The van der Waals surface area contributed by atoms with Gasteiger partial charge in [0.1, 0.15) is 5.58 Å². The number of fused-ring (bicyclic) bond motifs is 1. The first kappa shape index (κ1) is 17.1. The molecule has 2 heterocycles. The van der Waals surface area contributed by atoms with Crippen LogP contribution in [0.3, 0.4) is 0 Å². The Hall–Kier alpha value is -1.70. The third-order valence-corrected chi connectivity index (χ3v) is 5.99. The van der Waals surface area contributed by atoms with E-state index in [1.165, 1.54) is 22.5 Å². The second-order valence-electron chi connectivity index (χ2n) is 5.95. The van der Waals surface area contributed by atoms with Crippen LogP contribution in [-0.2, 0) is 14.8 Å². The van der Waals surface area contributed by atoms with Gasteiger partial charge in [0.15, 0.2) is 0 Å². The summed E-state index contributed by atoms with van der Waals surface area (Å²) in [5, 5.41) is 0.589. The van der Waals surface area contributed by atoms with Crippen molar-refractivity contribution in [2.45, 2.75) is 37.2 Å². The largest absolute Gasteiger partial charge is 0.423 e. The Kier molecular flexibility index (Phi) is 5.03. The molecule has 1 aliphatic rings. The van der Waals surface area contributed by atoms with E-state index in [4.69, 9.17) is 9.15 Å². The van der Waals surface area contributed by atoms with Crippen LogP contribution in [0, 0.1) is 0 Å². The van der Waals surface area contributed by atoms with Crippen molar-refractivity contribution < 1.29 is 17.6 Å². The van der Waals surface area contributed by atoms with E-state index in [0.717, 1.165) is 19.3 Å². The summed E-state index contributed by atoms with van der Waals surface area (Å²) in [4.78, 5) is 11.4. The lowest BCUT2D eigenvalue weighted by Gasteiger charge is -2.31. The molecular formula is C17H21NO5S. The lowest BCUT2D eigenvalue weighted by Crippen LogP contribution is -2.43. The highest BCUT2D eigenvalue weighted by Crippen LogP contribution is 2.24. The number of nitrogens with zero attached hydrogens (tertiary/aromatic N) is 1. The maximum absolute atomic E-state index is 12.9. The monoisotopic (exact) mass is 351 g/mol. The van der Waals surface area contributed by atoms with Crippen molar-refractivity contribution in [2.75, 3.05) is 19.7 Å². The molecule has 6 nitrogen and oxygen atoms in total. The molecule has 1 unspecified atom stereocenters. The standard InChI is InChI=1S/C17H21NO5S/c1-2-10-22-14-4-3-9-18(12-14)24(20,21)15-6-7-16-13(11-15)5-8-17(19)23-16/h5-8,11,14H,2-4,9-10,12H2,1H3. The molecule has 2 aromatic rings. The first-order chi connectivity index (χ1) is 11.5. The number of rotatable bonds is 5. The number of hydrogen-bond donors (Lipinski definition) is 0. The predicted octanol–water partition coefficient (Wildman–Crippen LogP) is 2.37. The highest BCUT2D eigenvalue weighted by molar-refractivity contribution is 7.89. The van der Waals surface area contributed by atoms with Crippen LogP contribution in [0.2, 0.25) is 0 Å². The lowest BCUT2D eigenvalue weighted by molar-refractivity contribution is 0.0193. The second-order valence-corrected chi connectivity index (χ2v) is 7.89. The molecule has 0 aliphatic carbocycles. The topological polar surface area (TPSA) is 76.8 Å². The van der Waals surface area contributed by atoms with Crippen molar-refractivity contribution in [3.05, 3.63) is 40.8 Å². The Morgan fingerprint density at radius 2 is 2.12 bits per heavy atom. The zero-order valence-electron chi connectivity index (χ0n) is 13.6. The predicted molar refractivity (Wildman–Crippen MR) is 90.5 cm³/mol. The Balaban J connectivity index is 1.86. The molecule has 1 fully saturated rings. The number of piperidine rings is 1. The van der Waals surface area contributed by atoms with Gasteiger partial charge in [0.25, 0.3) is 0 Å². The summed E-state index contributed by atoms with van der Waals surface area (Å²) >= 11 is 0. The molecule has 1 saturated heterocycles. The van der Waals surface area contributed by atoms with Crippen molar-refractivity contribution in [2.24, 2.45) is 0 Å². The maximum atomic E-state index is 12.9. The Morgan fingerprint density at radius 1 is 1.29 bits per heavy atom. The van der Waals surface area contributed by atoms with Crippen molar-refractivity contribution in [1.29, 1.82) is 0 Å². The third kappa shape index (κ3) is 3.53. The van der Waals surface area contributed by atoms with Gasteiger partial charge >= 0.3 is 5.63 Å². The fraction of sp³-hybridized carbons (Fsp3) is 0.471. The van der Waals surface area contributed by atoms with Gasteiger partial charge in [-0.25, -0.2) is 13.2 Å². The molecule has 1 aliphatic heterocycles. The van der Waals surface area contributed by atoms with Gasteiger partial charge in [-0.15, -0.1) is 0 Å². The SMILES string of the molecule is CCCOC1CCCN(S(=O)(=O)c2ccc3oc(=O)ccc3c2)C1. The van der Waals surface area contributed by atoms with Crippen molar-refractivity contribution in [1.82, 2.24) is 4.31 Å². The van der Waals surface area contributed by atoms with Crippen molar-refractivity contribution >= 4 is 21.0 Å². The first-order valence-electron chi connectivity index (χ1n) is 8.16. The molecule has 0 saturated carbocycles. The summed E-state index contributed by atoms with van der Waals surface area (Å²) in [7, 11) is -3.59. The molecular weight excluding hydrogens is 330 g/mol. The number of hydrogen-bond acceptors (Lipinski definition) is 5. The van der Waals surface area contributed by atoms with Crippen LogP contribution in [0.25, 0.3) is 11.0 Å². The molecule has 0 spiro atoms. The summed E-state index contributed by atoms with van der Waals surface area (Å²) in [6.07, 6.45) is 2.54. The van der Waals surface area contributed by atoms with Crippen LogP contribution < -0.4 is 5.63 Å². The molecule has 1 atom stereocenters. The Bertz CT molecular complexity index is 874. The van der Waals surface area contributed by atoms with E-state index in [-0.39, 0.29) is 11.0 Å². The van der Waals surface area contributed by atoms with Gasteiger partial charge < -0.3 is 9.15 Å². The normalized spacial score (nSPS) is 19.6. The molecule has 0 radical (unpaired) electrons. The zero-order chi connectivity index (χ0) is 17.2. The maximum Gasteiger partial charge on any atom is 0.336 e. The van der Waals surface area contributed by atoms with E-state index >= 15 is 0 Å². The lowest BCUT2D eigenvalue weighted by atomic mass is 10.1. The van der Waals surface area contributed by atoms with Crippen molar-refractivity contribution in [3.63, 3.8) is 0 Å². The van der Waals surface area contributed by atoms with Crippen LogP contribution >= 0.6 is 0 Å². The van der Waals surface area contributed by atoms with E-state index in [1.54, 1.807) is 12.1 Å². The number of ether oxygens (including phenoxy) is 1. The molecule has 0 N–H and O–H groups in total. The van der Waals surface area contributed by atoms with Gasteiger partial charge in [-0.05, 0) is 43.5 Å². The molecule has 7 heteroatoms. The molecule has 1 aromatic carbocycles. The van der Waals surface area contributed by atoms with Gasteiger partial charge in [-0.2, -0.15) is 4.31 Å². The van der Waals surface area contributed by atoms with E-state index in [0.29, 0.717) is 30.7 Å². The average molecular weight is 351 g/mol. The van der Waals surface area contributed by atoms with Crippen LogP contribution in [0.5, 0.6) is 0 Å². The van der Waals surface area contributed by atoms with Gasteiger partial charge in [0.05, 0.1) is 11.0 Å². The molecule has 3 rings (SSSR count). The smallest absolute Gasteiger partial charge is 0.336 e. The summed E-state index contributed by atoms with van der Waals surface area (Å²) in [5.41, 5.74) is -0.0747. The van der Waals surface area contributed by atoms with Gasteiger partial charge in [0.2, 0.25) is 10.0 Å². The molecule has 0 bridgehead atoms. The molecule has 1 aromatic heterocycles. The minimum Gasteiger partial charge on any atom is -0.423 e. The highest BCUT2D eigenvalue weighted by Gasteiger charge is 2.30. The summed E-state index contributed by atoms with van der Waals surface area (Å²) in [6, 6.07) is 7.41. The fourth-order valence-corrected chi connectivity index (χ4v) is 4.45. The Labute approximate surface area is 141 Å². The highest BCUT2D eigenvalue weighted by atomic mass is 32.2. The Morgan fingerprint density at radius 3 is 2.92 bits per heavy atom. The fourth-order valence-electron chi connectivity index (χ4n) is 2.90. The summed E-state index contributed by atoms with van der Waals surface area (Å²) in [6.45, 7) is 3.55. The van der Waals surface area contributed by atoms with Gasteiger partial charge in [-0.3, -0.25) is 0 Å². The second kappa shape index (κ2) is 7.04. The van der Waals surface area contributed by atoms with E-state index < -0.39 is 15.6 Å². The minimum absolute atomic E-state index is 0.0491. The zero-order valence-corrected chi connectivity index (χ0v) is 14.4. The summed E-state index contributed by atoms with van der Waals surface area (Å²) < 4.78 is 38.0. The van der Waals surface area contributed by atoms with E-state index in [1.807, 2.05) is 6.92 Å². The van der Waals surface area contributed by atoms with E-state index in [9.17, 15) is 13.2 Å². The van der Waals surface area contributed by atoms with Crippen LogP contribution in [0.4, 0.5) is 0 Å². The van der Waals surface area contributed by atoms with Crippen LogP contribution in [0.15, 0.2) is 44.4 Å². The van der Waals surface area contributed by atoms with Crippen LogP contribution in [0.1, 0.15) is 26.2 Å². The quantitative estimate of drug-likeness (QED) is 0.773. The van der Waals surface area contributed by atoms with Gasteiger partial charge in [0, 0.05) is 31.1 Å². The number of benzene rings is 1. The molecule has 24 heavy (non-hydrogen) atoms. The molecule has 130 valence electrons. The van der Waals surface area contributed by atoms with Crippen molar-refractivity contribution in [3.8, 4) is 0 Å².